The van der Waals surface area contributed by atoms with E-state index in [2.05, 4.69) is 10.3 Å². The van der Waals surface area contributed by atoms with Gasteiger partial charge in [-0.15, -0.1) is 0 Å². The van der Waals surface area contributed by atoms with Gasteiger partial charge in [-0.3, -0.25) is 4.79 Å². The molecule has 0 bridgehead atoms. The highest BCUT2D eigenvalue weighted by Crippen LogP contribution is 2.20. The van der Waals surface area contributed by atoms with Gasteiger partial charge in [-0.2, -0.15) is 0 Å². The smallest absolute Gasteiger partial charge is 0.153 e. The molecular weight excluding hydrogens is 200 g/mol. The molecule has 0 unspecified atom stereocenters. The predicted octanol–water partition coefficient (Wildman–Crippen LogP) is 2.79. The summed E-state index contributed by atoms with van der Waals surface area (Å²) < 4.78 is 0. The molecule has 3 nitrogen and oxygen atoms in total. The van der Waals surface area contributed by atoms with Gasteiger partial charge < -0.3 is 5.32 Å². The van der Waals surface area contributed by atoms with E-state index in [0.717, 1.165) is 23.7 Å². The summed E-state index contributed by atoms with van der Waals surface area (Å²) in [5.41, 5.74) is 2.69. The highest BCUT2D eigenvalue weighted by molar-refractivity contribution is 5.91. The van der Waals surface area contributed by atoms with Crippen molar-refractivity contribution in [3.63, 3.8) is 0 Å². The molecule has 0 atom stereocenters. The van der Waals surface area contributed by atoms with Crippen LogP contribution in [0.15, 0.2) is 24.3 Å². The van der Waals surface area contributed by atoms with Crippen LogP contribution in [0.1, 0.15) is 22.8 Å². The van der Waals surface area contributed by atoms with Crippen molar-refractivity contribution in [2.45, 2.75) is 13.8 Å². The monoisotopic (exact) mass is 214 g/mol. The number of hydrogen-bond donors (Lipinski definition) is 1. The van der Waals surface area contributed by atoms with E-state index in [9.17, 15) is 4.79 Å². The summed E-state index contributed by atoms with van der Waals surface area (Å²) in [5, 5.41) is 4.09. The molecule has 1 aromatic carbocycles. The van der Waals surface area contributed by atoms with Crippen LogP contribution in [-0.4, -0.2) is 17.8 Å². The van der Waals surface area contributed by atoms with Crippen LogP contribution in [0.2, 0.25) is 0 Å². The molecule has 0 aliphatic rings. The fourth-order valence-electron chi connectivity index (χ4n) is 1.71. The Hall–Kier alpha value is -1.90. The Labute approximate surface area is 94.5 Å². The van der Waals surface area contributed by atoms with Crippen LogP contribution < -0.4 is 5.32 Å². The second kappa shape index (κ2) is 4.31. The number of nitrogens with zero attached hydrogens (tertiary/aromatic N) is 1. The zero-order chi connectivity index (χ0) is 11.5. The lowest BCUT2D eigenvalue weighted by molar-refractivity contribution is 0.112. The Kier molecular flexibility index (Phi) is 2.86. The lowest BCUT2D eigenvalue weighted by Crippen LogP contribution is -2.03. The second-order valence-electron chi connectivity index (χ2n) is 3.77. The van der Waals surface area contributed by atoms with E-state index in [1.54, 1.807) is 0 Å². The molecule has 82 valence electrons. The van der Waals surface area contributed by atoms with E-state index in [4.69, 9.17) is 0 Å². The van der Waals surface area contributed by atoms with E-state index < -0.39 is 0 Å². The fourth-order valence-corrected chi connectivity index (χ4v) is 1.71. The number of aryl methyl sites for hydroxylation is 1. The third-order valence-electron chi connectivity index (χ3n) is 2.47. The van der Waals surface area contributed by atoms with Crippen LogP contribution in [-0.2, 0) is 0 Å². The molecule has 0 fully saturated rings. The predicted molar refractivity (Wildman–Crippen MR) is 66.0 cm³/mol. The normalized spacial score (nSPS) is 10.4. The first-order valence-electron chi connectivity index (χ1n) is 5.35. The molecule has 0 radical (unpaired) electrons. The molecule has 3 heteroatoms. The number of benzene rings is 1. The van der Waals surface area contributed by atoms with Crippen LogP contribution in [0.3, 0.4) is 0 Å². The molecule has 0 saturated heterocycles. The number of anilines is 1. The molecule has 1 heterocycles. The fraction of sp³-hybridized carbons (Fsp3) is 0.231. The van der Waals surface area contributed by atoms with Crippen molar-refractivity contribution < 1.29 is 4.79 Å². The Morgan fingerprint density at radius 2 is 2.19 bits per heavy atom. The SMILES string of the molecule is CCNc1nc2ccc(C)cc2cc1C=O. The summed E-state index contributed by atoms with van der Waals surface area (Å²) in [7, 11) is 0. The zero-order valence-corrected chi connectivity index (χ0v) is 9.45. The summed E-state index contributed by atoms with van der Waals surface area (Å²) in [6.07, 6.45) is 0.840. The first kappa shape index (κ1) is 10.6. The summed E-state index contributed by atoms with van der Waals surface area (Å²) in [5.74, 6) is 0.661. The summed E-state index contributed by atoms with van der Waals surface area (Å²) >= 11 is 0. The van der Waals surface area contributed by atoms with Gasteiger partial charge in [-0.25, -0.2) is 4.98 Å². The van der Waals surface area contributed by atoms with E-state index >= 15 is 0 Å². The van der Waals surface area contributed by atoms with Crippen LogP contribution in [0.4, 0.5) is 5.82 Å². The number of carbonyl (C=O) groups excluding carboxylic acids is 1. The number of pyridine rings is 1. The van der Waals surface area contributed by atoms with E-state index in [1.165, 1.54) is 5.56 Å². The maximum Gasteiger partial charge on any atom is 0.153 e. The third kappa shape index (κ3) is 1.89. The number of aldehydes is 1. The van der Waals surface area contributed by atoms with E-state index in [1.807, 2.05) is 38.1 Å². The second-order valence-corrected chi connectivity index (χ2v) is 3.77. The van der Waals surface area contributed by atoms with Crippen molar-refractivity contribution in [2.75, 3.05) is 11.9 Å². The van der Waals surface area contributed by atoms with Crippen molar-refractivity contribution in [2.24, 2.45) is 0 Å². The summed E-state index contributed by atoms with van der Waals surface area (Å²) in [4.78, 5) is 15.4. The molecule has 0 amide bonds. The van der Waals surface area contributed by atoms with Crippen molar-refractivity contribution in [3.05, 3.63) is 35.4 Å². The molecular formula is C13H14N2O. The first-order valence-corrected chi connectivity index (χ1v) is 5.35. The van der Waals surface area contributed by atoms with Crippen molar-refractivity contribution in [3.8, 4) is 0 Å². The minimum atomic E-state index is 0.611. The van der Waals surface area contributed by atoms with Crippen molar-refractivity contribution in [1.82, 2.24) is 4.98 Å². The van der Waals surface area contributed by atoms with Crippen LogP contribution in [0.25, 0.3) is 10.9 Å². The first-order chi connectivity index (χ1) is 7.74. The number of rotatable bonds is 3. The van der Waals surface area contributed by atoms with E-state index in [-0.39, 0.29) is 0 Å². The summed E-state index contributed by atoms with van der Waals surface area (Å²) in [6, 6.07) is 7.90. The molecule has 16 heavy (non-hydrogen) atoms. The van der Waals surface area contributed by atoms with Crippen molar-refractivity contribution in [1.29, 1.82) is 0 Å². The largest absolute Gasteiger partial charge is 0.370 e. The van der Waals surface area contributed by atoms with Crippen LogP contribution in [0.5, 0.6) is 0 Å². The molecule has 0 aliphatic carbocycles. The highest BCUT2D eigenvalue weighted by Gasteiger charge is 2.05. The Morgan fingerprint density at radius 3 is 2.88 bits per heavy atom. The van der Waals surface area contributed by atoms with Crippen LogP contribution in [0, 0.1) is 6.92 Å². The number of aromatic nitrogens is 1. The maximum atomic E-state index is 11.0. The Balaban J connectivity index is 2.64. The highest BCUT2D eigenvalue weighted by atomic mass is 16.1. The molecule has 1 N–H and O–H groups in total. The summed E-state index contributed by atoms with van der Waals surface area (Å²) in [6.45, 7) is 4.76. The number of carbonyl (C=O) groups is 1. The minimum absolute atomic E-state index is 0.611. The van der Waals surface area contributed by atoms with Crippen LogP contribution >= 0.6 is 0 Å². The van der Waals surface area contributed by atoms with Gasteiger partial charge in [0, 0.05) is 11.9 Å². The number of hydrogen-bond acceptors (Lipinski definition) is 3. The lowest BCUT2D eigenvalue weighted by Gasteiger charge is -2.07. The molecule has 0 spiro atoms. The average molecular weight is 214 g/mol. The molecule has 0 aliphatic heterocycles. The van der Waals surface area contributed by atoms with Crippen molar-refractivity contribution >= 4 is 23.0 Å². The topological polar surface area (TPSA) is 42.0 Å². The maximum absolute atomic E-state index is 11.0. The minimum Gasteiger partial charge on any atom is -0.370 e. The molecule has 2 rings (SSSR count). The zero-order valence-electron chi connectivity index (χ0n) is 9.45. The van der Waals surface area contributed by atoms with Gasteiger partial charge in [0.25, 0.3) is 0 Å². The standard InChI is InChI=1S/C13H14N2O/c1-3-14-13-11(8-16)7-10-6-9(2)4-5-12(10)15-13/h4-8H,3H2,1-2H3,(H,14,15). The van der Waals surface area contributed by atoms with E-state index in [0.29, 0.717) is 11.4 Å². The number of nitrogens with one attached hydrogen (secondary N) is 1. The third-order valence-corrected chi connectivity index (χ3v) is 2.47. The van der Waals surface area contributed by atoms with Gasteiger partial charge in [0.05, 0.1) is 11.1 Å². The van der Waals surface area contributed by atoms with Gasteiger partial charge >= 0.3 is 0 Å². The van der Waals surface area contributed by atoms with Gasteiger partial charge in [0.2, 0.25) is 0 Å². The van der Waals surface area contributed by atoms with Gasteiger partial charge in [0.15, 0.2) is 6.29 Å². The average Bonchev–Trinajstić information content (AvgIpc) is 2.29. The molecule has 0 saturated carbocycles. The number of fused-ring (bicyclic) bond motifs is 1. The molecule has 2 aromatic rings. The van der Waals surface area contributed by atoms with Gasteiger partial charge in [-0.1, -0.05) is 11.6 Å². The Bertz CT molecular complexity index is 535. The van der Waals surface area contributed by atoms with Gasteiger partial charge in [-0.05, 0) is 32.0 Å². The molecule has 1 aromatic heterocycles. The quantitative estimate of drug-likeness (QED) is 0.799. The Morgan fingerprint density at radius 1 is 1.38 bits per heavy atom. The lowest BCUT2D eigenvalue weighted by atomic mass is 10.1. The van der Waals surface area contributed by atoms with Gasteiger partial charge in [0.1, 0.15) is 5.82 Å².